The molecule has 15 heavy (non-hydrogen) atoms. The first-order valence-electron chi connectivity index (χ1n) is 4.63. The molecule has 0 N–H and O–H groups in total. The molecule has 0 spiro atoms. The number of benzene rings is 1. The smallest absolute Gasteiger partial charge is 0.310 e. The van der Waals surface area contributed by atoms with Crippen molar-refractivity contribution in [1.29, 1.82) is 0 Å². The molecule has 0 fully saturated rings. The Morgan fingerprint density at radius 1 is 1.40 bits per heavy atom. The van der Waals surface area contributed by atoms with Gasteiger partial charge in [0.15, 0.2) is 0 Å². The summed E-state index contributed by atoms with van der Waals surface area (Å²) < 4.78 is 4.93. The molecule has 0 aliphatic heterocycles. The summed E-state index contributed by atoms with van der Waals surface area (Å²) in [4.78, 5) is 11.3. The molecule has 1 aromatic rings. The molecule has 0 aliphatic carbocycles. The summed E-state index contributed by atoms with van der Waals surface area (Å²) >= 11 is 0. The Labute approximate surface area is 89.6 Å². The molecule has 0 amide bonds. The van der Waals surface area contributed by atoms with Crippen molar-refractivity contribution in [2.24, 2.45) is 0 Å². The van der Waals surface area contributed by atoms with Gasteiger partial charge in [-0.15, -0.1) is 6.42 Å². The minimum Gasteiger partial charge on any atom is -0.461 e. The van der Waals surface area contributed by atoms with Crippen LogP contribution in [-0.2, 0) is 16.0 Å². The lowest BCUT2D eigenvalue weighted by molar-refractivity contribution is -0.141. The van der Waals surface area contributed by atoms with Crippen molar-refractivity contribution >= 4 is 5.97 Å². The first-order chi connectivity index (χ1) is 7.33. The quantitative estimate of drug-likeness (QED) is 0.548. The number of allylic oxidation sites excluding steroid dienone is 1. The van der Waals surface area contributed by atoms with E-state index >= 15 is 0 Å². The van der Waals surface area contributed by atoms with E-state index in [1.54, 1.807) is 6.08 Å². The number of terminal acetylenes is 1. The maximum absolute atomic E-state index is 11.3. The fourth-order valence-corrected chi connectivity index (χ4v) is 1.07. The molecule has 0 aromatic heterocycles. The van der Waals surface area contributed by atoms with Crippen molar-refractivity contribution in [3.05, 3.63) is 48.0 Å². The average molecular weight is 200 g/mol. The van der Waals surface area contributed by atoms with E-state index in [2.05, 4.69) is 5.92 Å². The molecule has 0 radical (unpaired) electrons. The zero-order valence-electron chi connectivity index (χ0n) is 8.35. The van der Waals surface area contributed by atoms with Gasteiger partial charge in [0.25, 0.3) is 0 Å². The van der Waals surface area contributed by atoms with Crippen molar-refractivity contribution in [1.82, 2.24) is 0 Å². The Hall–Kier alpha value is -2.01. The number of rotatable bonds is 4. The lowest BCUT2D eigenvalue weighted by atomic mass is 10.2. The van der Waals surface area contributed by atoms with E-state index < -0.39 is 0 Å². The van der Waals surface area contributed by atoms with Crippen LogP contribution in [0.25, 0.3) is 0 Å². The van der Waals surface area contributed by atoms with E-state index in [0.29, 0.717) is 6.42 Å². The normalized spacial score (nSPS) is 9.80. The third kappa shape index (κ3) is 4.68. The van der Waals surface area contributed by atoms with E-state index in [1.165, 1.54) is 6.08 Å². The molecule has 0 saturated heterocycles. The molecule has 0 aliphatic rings. The summed E-state index contributed by atoms with van der Waals surface area (Å²) in [5.41, 5.74) is 0.948. The fourth-order valence-electron chi connectivity index (χ4n) is 1.07. The second kappa shape index (κ2) is 6.44. The van der Waals surface area contributed by atoms with Crippen molar-refractivity contribution in [3.8, 4) is 12.3 Å². The van der Waals surface area contributed by atoms with Crippen LogP contribution in [0.5, 0.6) is 0 Å². The third-order valence-corrected chi connectivity index (χ3v) is 1.75. The van der Waals surface area contributed by atoms with E-state index in [9.17, 15) is 4.79 Å². The summed E-state index contributed by atoms with van der Waals surface area (Å²) in [7, 11) is 0. The van der Waals surface area contributed by atoms with E-state index in [1.807, 2.05) is 30.3 Å². The van der Waals surface area contributed by atoms with Crippen molar-refractivity contribution in [3.63, 3.8) is 0 Å². The van der Waals surface area contributed by atoms with Crippen LogP contribution in [0.3, 0.4) is 0 Å². The predicted molar refractivity (Wildman–Crippen MR) is 59.1 cm³/mol. The number of carbonyl (C=O) groups excluding carboxylic acids is 1. The van der Waals surface area contributed by atoms with Crippen molar-refractivity contribution in [2.75, 3.05) is 6.61 Å². The number of esters is 1. The lowest BCUT2D eigenvalue weighted by Gasteiger charge is -2.01. The van der Waals surface area contributed by atoms with Crippen LogP contribution in [0.1, 0.15) is 5.56 Å². The van der Waals surface area contributed by atoms with Gasteiger partial charge in [-0.05, 0) is 17.7 Å². The molecule has 76 valence electrons. The second-order valence-electron chi connectivity index (χ2n) is 2.91. The Kier molecular flexibility index (Phi) is 4.75. The van der Waals surface area contributed by atoms with Gasteiger partial charge in [0.05, 0.1) is 6.42 Å². The SMILES string of the molecule is C#C/C=C/COC(=O)Cc1ccccc1. The highest BCUT2D eigenvalue weighted by atomic mass is 16.5. The van der Waals surface area contributed by atoms with Gasteiger partial charge in [0.2, 0.25) is 0 Å². The molecule has 1 aromatic carbocycles. The summed E-state index contributed by atoms with van der Waals surface area (Å²) in [6, 6.07) is 9.46. The van der Waals surface area contributed by atoms with Gasteiger partial charge < -0.3 is 4.74 Å². The minimum absolute atomic E-state index is 0.232. The monoisotopic (exact) mass is 200 g/mol. The average Bonchev–Trinajstić information content (AvgIpc) is 2.26. The molecule has 1 rings (SSSR count). The highest BCUT2D eigenvalue weighted by Crippen LogP contribution is 2.00. The summed E-state index contributed by atoms with van der Waals surface area (Å²) in [5, 5.41) is 0. The molecular weight excluding hydrogens is 188 g/mol. The maximum Gasteiger partial charge on any atom is 0.310 e. The van der Waals surface area contributed by atoms with Crippen LogP contribution in [0, 0.1) is 12.3 Å². The Morgan fingerprint density at radius 2 is 2.13 bits per heavy atom. The topological polar surface area (TPSA) is 26.3 Å². The van der Waals surface area contributed by atoms with Crippen molar-refractivity contribution < 1.29 is 9.53 Å². The largest absolute Gasteiger partial charge is 0.461 e. The fraction of sp³-hybridized carbons (Fsp3) is 0.154. The van der Waals surface area contributed by atoms with Crippen LogP contribution >= 0.6 is 0 Å². The molecule has 0 atom stereocenters. The summed E-state index contributed by atoms with van der Waals surface area (Å²) in [6.45, 7) is 0.232. The van der Waals surface area contributed by atoms with Gasteiger partial charge >= 0.3 is 5.97 Å². The van der Waals surface area contributed by atoms with Gasteiger partial charge in [-0.2, -0.15) is 0 Å². The van der Waals surface area contributed by atoms with E-state index in [4.69, 9.17) is 11.2 Å². The van der Waals surface area contributed by atoms with Crippen LogP contribution in [0.2, 0.25) is 0 Å². The number of carbonyl (C=O) groups is 1. The van der Waals surface area contributed by atoms with Gasteiger partial charge in [-0.25, -0.2) is 0 Å². The van der Waals surface area contributed by atoms with Crippen LogP contribution in [-0.4, -0.2) is 12.6 Å². The highest BCUT2D eigenvalue weighted by molar-refractivity contribution is 5.72. The maximum atomic E-state index is 11.3. The van der Waals surface area contributed by atoms with Crippen LogP contribution in [0.4, 0.5) is 0 Å². The Balaban J connectivity index is 2.31. The molecule has 0 saturated carbocycles. The van der Waals surface area contributed by atoms with Gasteiger partial charge in [0.1, 0.15) is 6.61 Å². The molecular formula is C13H12O2. The molecule has 0 heterocycles. The highest BCUT2D eigenvalue weighted by Gasteiger charge is 2.02. The Morgan fingerprint density at radius 3 is 2.80 bits per heavy atom. The van der Waals surface area contributed by atoms with Crippen LogP contribution in [0.15, 0.2) is 42.5 Å². The summed E-state index contributed by atoms with van der Waals surface area (Å²) in [5.74, 6) is 2.07. The number of ether oxygens (including phenoxy) is 1. The molecule has 0 bridgehead atoms. The standard InChI is InChI=1S/C13H12O2/c1-2-3-7-10-15-13(14)11-12-8-5-4-6-9-12/h1,3-9H,10-11H2/b7-3+. The predicted octanol–water partition coefficient (Wildman–Crippen LogP) is 1.96. The van der Waals surface area contributed by atoms with Crippen molar-refractivity contribution in [2.45, 2.75) is 6.42 Å². The van der Waals surface area contributed by atoms with Gasteiger partial charge in [-0.1, -0.05) is 36.3 Å². The first-order valence-corrected chi connectivity index (χ1v) is 4.63. The van der Waals surface area contributed by atoms with Gasteiger partial charge in [-0.3, -0.25) is 4.79 Å². The minimum atomic E-state index is -0.247. The zero-order valence-corrected chi connectivity index (χ0v) is 8.35. The van der Waals surface area contributed by atoms with Gasteiger partial charge in [0, 0.05) is 0 Å². The lowest BCUT2D eigenvalue weighted by Crippen LogP contribution is -2.07. The number of hydrogen-bond donors (Lipinski definition) is 0. The second-order valence-corrected chi connectivity index (χ2v) is 2.91. The first kappa shape index (κ1) is 11.1. The molecule has 0 unspecified atom stereocenters. The zero-order chi connectivity index (χ0) is 10.9. The Bertz CT molecular complexity index is 371. The van der Waals surface area contributed by atoms with E-state index in [-0.39, 0.29) is 12.6 Å². The summed E-state index contributed by atoms with van der Waals surface area (Å²) in [6.07, 6.45) is 8.43. The van der Waals surface area contributed by atoms with Crippen LogP contribution < -0.4 is 0 Å². The van der Waals surface area contributed by atoms with E-state index in [0.717, 1.165) is 5.56 Å². The molecule has 2 heteroatoms. The number of hydrogen-bond acceptors (Lipinski definition) is 2. The third-order valence-electron chi connectivity index (χ3n) is 1.75. The molecule has 2 nitrogen and oxygen atoms in total.